The highest BCUT2D eigenvalue weighted by molar-refractivity contribution is 7.76. The molecule has 1 unspecified atom stereocenters. The molecule has 3 atom stereocenters. The Kier molecular flexibility index (Phi) is 4.64. The van der Waals surface area contributed by atoms with Crippen LogP contribution in [0.3, 0.4) is 0 Å². The lowest BCUT2D eigenvalue weighted by Crippen LogP contribution is -1.97. The molecule has 0 aliphatic heterocycles. The lowest BCUT2D eigenvalue weighted by Gasteiger charge is -2.01. The molecule has 2 aliphatic carbocycles. The summed E-state index contributed by atoms with van der Waals surface area (Å²) in [6.45, 7) is 4.71. The lowest BCUT2D eigenvalue weighted by atomic mass is 10.0. The molecule has 2 saturated carbocycles. The maximum atomic E-state index is 8.78. The van der Waals surface area contributed by atoms with E-state index in [2.05, 4.69) is 59.5 Å². The molecule has 0 amide bonds. The minimum atomic E-state index is -2.36. The first-order chi connectivity index (χ1) is 10.9. The van der Waals surface area contributed by atoms with Gasteiger partial charge in [-0.05, 0) is 29.7 Å². The highest BCUT2D eigenvalue weighted by Crippen LogP contribution is 2.70. The van der Waals surface area contributed by atoms with Gasteiger partial charge in [-0.2, -0.15) is 0 Å². The molecule has 23 heavy (non-hydrogen) atoms. The van der Waals surface area contributed by atoms with Crippen LogP contribution in [0.25, 0.3) is 0 Å². The van der Waals surface area contributed by atoms with Crippen LogP contribution in [0.15, 0.2) is 30.3 Å². The normalized spacial score (nSPS) is 26.1. The Morgan fingerprint density at radius 2 is 1.74 bits per heavy atom. The van der Waals surface area contributed by atoms with Gasteiger partial charge in [0.1, 0.15) is 10.0 Å². The van der Waals surface area contributed by atoms with Crippen molar-refractivity contribution in [3.05, 3.63) is 45.9 Å². The average Bonchev–Trinajstić information content (AvgIpc) is 3.37. The topological polar surface area (TPSA) is 91.9 Å². The summed E-state index contributed by atoms with van der Waals surface area (Å²) in [6, 6.07) is 10.8. The van der Waals surface area contributed by atoms with Crippen LogP contribution in [0, 0.1) is 5.41 Å². The van der Waals surface area contributed by atoms with Crippen LogP contribution in [-0.2, 0) is 11.3 Å². The van der Waals surface area contributed by atoms with Gasteiger partial charge in [0, 0.05) is 23.1 Å². The number of aromatic nitrogens is 2. The van der Waals surface area contributed by atoms with Crippen molar-refractivity contribution in [2.45, 2.75) is 44.4 Å². The van der Waals surface area contributed by atoms with Crippen LogP contribution in [0.4, 0.5) is 0 Å². The van der Waals surface area contributed by atoms with Crippen LogP contribution in [-0.4, -0.2) is 19.0 Å². The fourth-order valence-electron chi connectivity index (χ4n) is 3.25. The monoisotopic (exact) mass is 350 g/mol. The molecule has 0 bridgehead atoms. The predicted molar refractivity (Wildman–Crippen MR) is 90.7 cm³/mol. The van der Waals surface area contributed by atoms with Gasteiger partial charge in [-0.15, -0.1) is 21.5 Å². The smallest absolute Gasteiger partial charge is 0.121 e. The number of nitrogens with zero attached hydrogens (tertiary/aromatic N) is 2. The Morgan fingerprint density at radius 3 is 2.30 bits per heavy atom. The molecule has 2 aromatic rings. The third kappa shape index (κ3) is 3.68. The first-order valence-electron chi connectivity index (χ1n) is 7.63. The maximum absolute atomic E-state index is 8.78. The fourth-order valence-corrected chi connectivity index (χ4v) is 4.60. The summed E-state index contributed by atoms with van der Waals surface area (Å²) in [6.07, 6.45) is 2.62. The molecular formula is C16H20N3O2S2-. The van der Waals surface area contributed by atoms with Crippen LogP contribution < -0.4 is 5.14 Å². The van der Waals surface area contributed by atoms with E-state index >= 15 is 0 Å². The van der Waals surface area contributed by atoms with Crippen molar-refractivity contribution < 1.29 is 8.76 Å². The third-order valence-corrected chi connectivity index (χ3v) is 5.80. The van der Waals surface area contributed by atoms with Crippen molar-refractivity contribution in [1.29, 1.82) is 0 Å². The van der Waals surface area contributed by atoms with E-state index in [-0.39, 0.29) is 0 Å². The summed E-state index contributed by atoms with van der Waals surface area (Å²) in [7, 11) is 0. The number of nitrogens with two attached hydrogens (primary N) is 1. The quantitative estimate of drug-likeness (QED) is 0.861. The maximum Gasteiger partial charge on any atom is 0.121 e. The minimum Gasteiger partial charge on any atom is -0.760 e. The molecule has 2 fully saturated rings. The zero-order valence-electron chi connectivity index (χ0n) is 13.1. The van der Waals surface area contributed by atoms with Gasteiger partial charge >= 0.3 is 0 Å². The van der Waals surface area contributed by atoms with Crippen LogP contribution in [0.2, 0.25) is 0 Å². The first-order valence-corrected chi connectivity index (χ1v) is 9.58. The molecule has 5 nitrogen and oxygen atoms in total. The first kappa shape index (κ1) is 16.7. The van der Waals surface area contributed by atoms with E-state index in [0.29, 0.717) is 17.3 Å². The zero-order chi connectivity index (χ0) is 16.6. The second-order valence-corrected chi connectivity index (χ2v) is 8.26. The van der Waals surface area contributed by atoms with Crippen molar-refractivity contribution in [3.8, 4) is 0 Å². The Labute approximate surface area is 142 Å². The van der Waals surface area contributed by atoms with Gasteiger partial charge in [-0.25, -0.2) is 0 Å². The lowest BCUT2D eigenvalue weighted by molar-refractivity contribution is 0.539. The fraction of sp³-hybridized carbons (Fsp3) is 0.500. The highest BCUT2D eigenvalue weighted by atomic mass is 32.2. The van der Waals surface area contributed by atoms with Gasteiger partial charge < -0.3 is 4.55 Å². The summed E-state index contributed by atoms with van der Waals surface area (Å²) in [5.41, 5.74) is 1.77. The molecule has 7 heteroatoms. The van der Waals surface area contributed by atoms with Gasteiger partial charge in [-0.1, -0.05) is 44.2 Å². The summed E-state index contributed by atoms with van der Waals surface area (Å²) in [5.74, 6) is 1.89. The summed E-state index contributed by atoms with van der Waals surface area (Å²) < 4.78 is 17.6. The van der Waals surface area contributed by atoms with E-state index in [1.165, 1.54) is 28.4 Å². The van der Waals surface area contributed by atoms with E-state index in [9.17, 15) is 0 Å². The number of hydrogen-bond acceptors (Lipinski definition) is 5. The molecule has 0 radical (unpaired) electrons. The van der Waals surface area contributed by atoms with Crippen LogP contribution in [0.5, 0.6) is 0 Å². The zero-order valence-corrected chi connectivity index (χ0v) is 14.8. The average molecular weight is 350 g/mol. The van der Waals surface area contributed by atoms with E-state index < -0.39 is 11.3 Å². The Bertz CT molecular complexity index is 694. The predicted octanol–water partition coefficient (Wildman–Crippen LogP) is 3.06. The van der Waals surface area contributed by atoms with Crippen molar-refractivity contribution in [2.24, 2.45) is 10.6 Å². The van der Waals surface area contributed by atoms with Gasteiger partial charge in [0.25, 0.3) is 0 Å². The number of rotatable bonds is 3. The van der Waals surface area contributed by atoms with E-state index in [1.807, 2.05) is 11.3 Å². The number of benzene rings is 1. The molecule has 4 rings (SSSR count). The highest BCUT2D eigenvalue weighted by Gasteiger charge is 2.60. The summed E-state index contributed by atoms with van der Waals surface area (Å²) in [4.78, 5) is 0. The van der Waals surface area contributed by atoms with E-state index in [4.69, 9.17) is 8.76 Å². The van der Waals surface area contributed by atoms with Gasteiger partial charge in [0.15, 0.2) is 0 Å². The molecule has 1 heterocycles. The molecule has 124 valence electrons. The molecular weight excluding hydrogens is 330 g/mol. The van der Waals surface area contributed by atoms with Crippen molar-refractivity contribution >= 4 is 22.6 Å². The Morgan fingerprint density at radius 1 is 1.17 bits per heavy atom. The standard InChI is InChI=1S/C16H18N2S.H3NO2S/c1-16(2)12(10-6-4-3-5-7-10)13(16)15-18-17-14(19-15)11-8-9-11;1-4(2)3/h3-7,11-13H,8-9H2,1-2H3;1H2,(H,2,3)/p-1/t12-,13+;/m0./s1. The third-order valence-electron chi connectivity index (χ3n) is 4.63. The molecule has 0 spiro atoms. The summed E-state index contributed by atoms with van der Waals surface area (Å²) >= 11 is -0.509. The molecule has 1 aromatic heterocycles. The van der Waals surface area contributed by atoms with Gasteiger partial charge in [0.05, 0.1) is 0 Å². The summed E-state index contributed by atoms with van der Waals surface area (Å²) in [5, 5.41) is 15.4. The second-order valence-electron chi connectivity index (χ2n) is 6.70. The number of hydrogen-bond donors (Lipinski definition) is 1. The second kappa shape index (κ2) is 6.39. The molecule has 2 aliphatic rings. The molecule has 2 N–H and O–H groups in total. The molecule has 1 aromatic carbocycles. The van der Waals surface area contributed by atoms with Gasteiger partial charge in [-0.3, -0.25) is 9.35 Å². The Hall–Kier alpha value is -1.15. The minimum absolute atomic E-state index is 0.321. The largest absolute Gasteiger partial charge is 0.760 e. The van der Waals surface area contributed by atoms with Crippen molar-refractivity contribution in [1.82, 2.24) is 10.2 Å². The van der Waals surface area contributed by atoms with Crippen molar-refractivity contribution in [2.75, 3.05) is 0 Å². The molecule has 0 saturated heterocycles. The van der Waals surface area contributed by atoms with Gasteiger partial charge in [0.2, 0.25) is 0 Å². The SMILES string of the molecule is CC1(C)[C@@H](c2ccccc2)[C@@H]1c1nnc(C2CC2)s1.NS(=O)[O-]. The van der Waals surface area contributed by atoms with Crippen molar-refractivity contribution in [3.63, 3.8) is 0 Å². The van der Waals surface area contributed by atoms with Crippen LogP contribution >= 0.6 is 11.3 Å². The van der Waals surface area contributed by atoms with E-state index in [1.54, 1.807) is 0 Å². The van der Waals surface area contributed by atoms with E-state index in [0.717, 1.165) is 5.92 Å². The Balaban J connectivity index is 0.000000354. The van der Waals surface area contributed by atoms with Crippen LogP contribution in [0.1, 0.15) is 60.0 Å².